The van der Waals surface area contributed by atoms with E-state index in [4.69, 9.17) is 4.42 Å². The molecule has 9 rings (SSSR count). The Bertz CT molecular complexity index is 2100. The van der Waals surface area contributed by atoms with Gasteiger partial charge in [-0.05, 0) is 92.0 Å². The number of halogens is 1. The molecule has 2 aliphatic carbocycles. The molecule has 0 saturated heterocycles. The van der Waals surface area contributed by atoms with Gasteiger partial charge in [-0.1, -0.05) is 107 Å². The third-order valence-corrected chi connectivity index (χ3v) is 9.25. The number of rotatable bonds is 1. The maximum Gasteiger partial charge on any atom is 0.135 e. The molecular formula is C37H21BrO. The van der Waals surface area contributed by atoms with Gasteiger partial charge in [0.05, 0.1) is 5.41 Å². The number of benzene rings is 6. The van der Waals surface area contributed by atoms with Gasteiger partial charge in [0.25, 0.3) is 0 Å². The van der Waals surface area contributed by atoms with E-state index < -0.39 is 0 Å². The summed E-state index contributed by atoms with van der Waals surface area (Å²) in [4.78, 5) is 0. The van der Waals surface area contributed by atoms with Gasteiger partial charge >= 0.3 is 0 Å². The lowest BCUT2D eigenvalue weighted by molar-refractivity contribution is 0.669. The molecule has 0 N–H and O–H groups in total. The highest BCUT2D eigenvalue weighted by Gasteiger charge is 2.51. The van der Waals surface area contributed by atoms with E-state index in [1.165, 1.54) is 55.6 Å². The molecule has 182 valence electrons. The van der Waals surface area contributed by atoms with Crippen LogP contribution in [0, 0.1) is 0 Å². The van der Waals surface area contributed by atoms with E-state index in [1.54, 1.807) is 0 Å². The molecule has 1 heterocycles. The van der Waals surface area contributed by atoms with Crippen LogP contribution in [0.4, 0.5) is 0 Å². The van der Waals surface area contributed by atoms with Crippen LogP contribution in [0.5, 0.6) is 0 Å². The van der Waals surface area contributed by atoms with Crippen LogP contribution in [0.1, 0.15) is 22.3 Å². The quantitative estimate of drug-likeness (QED) is 0.194. The summed E-state index contributed by atoms with van der Waals surface area (Å²) in [6.45, 7) is 0. The maximum atomic E-state index is 6.12. The molecule has 39 heavy (non-hydrogen) atoms. The molecule has 0 amide bonds. The van der Waals surface area contributed by atoms with E-state index in [1.807, 2.05) is 12.1 Å². The van der Waals surface area contributed by atoms with Crippen molar-refractivity contribution in [3.05, 3.63) is 154 Å². The Kier molecular flexibility index (Phi) is 4.19. The van der Waals surface area contributed by atoms with Gasteiger partial charge in [-0.15, -0.1) is 0 Å². The fourth-order valence-electron chi connectivity index (χ4n) is 7.20. The molecule has 6 aromatic carbocycles. The number of hydrogen-bond donors (Lipinski definition) is 0. The zero-order valence-corrected chi connectivity index (χ0v) is 22.5. The van der Waals surface area contributed by atoms with Crippen LogP contribution in [0.2, 0.25) is 0 Å². The molecule has 1 aromatic heterocycles. The summed E-state index contributed by atoms with van der Waals surface area (Å²) in [6, 6.07) is 46.6. The van der Waals surface area contributed by atoms with Crippen molar-refractivity contribution in [2.45, 2.75) is 5.41 Å². The number of hydrogen-bond acceptors (Lipinski definition) is 1. The van der Waals surface area contributed by atoms with Crippen LogP contribution in [0.25, 0.3) is 55.3 Å². The average Bonchev–Trinajstić information content (AvgIpc) is 3.60. The highest BCUT2D eigenvalue weighted by atomic mass is 79.9. The SMILES string of the molecule is Brc1ccc2c(c1)C1(c3ccccc3-c3ccccc31)c1cc(-c3ccc4oc5ccccc5c4c3)ccc1-2. The van der Waals surface area contributed by atoms with Crippen LogP contribution in [0.3, 0.4) is 0 Å². The third kappa shape index (κ3) is 2.69. The Morgan fingerprint density at radius 2 is 1.00 bits per heavy atom. The van der Waals surface area contributed by atoms with Crippen molar-refractivity contribution in [2.75, 3.05) is 0 Å². The first-order valence-corrected chi connectivity index (χ1v) is 14.1. The Balaban J connectivity index is 1.36. The normalized spacial score (nSPS) is 14.0. The van der Waals surface area contributed by atoms with E-state index >= 15 is 0 Å². The molecule has 0 unspecified atom stereocenters. The highest BCUT2D eigenvalue weighted by Crippen LogP contribution is 2.63. The van der Waals surface area contributed by atoms with Gasteiger partial charge < -0.3 is 4.42 Å². The minimum Gasteiger partial charge on any atom is -0.456 e. The highest BCUT2D eigenvalue weighted by molar-refractivity contribution is 9.10. The fourth-order valence-corrected chi connectivity index (χ4v) is 7.56. The summed E-state index contributed by atoms with van der Waals surface area (Å²) < 4.78 is 7.23. The van der Waals surface area contributed by atoms with Gasteiger partial charge in [0.2, 0.25) is 0 Å². The third-order valence-electron chi connectivity index (χ3n) is 8.76. The van der Waals surface area contributed by atoms with E-state index in [0.717, 1.165) is 26.4 Å². The fraction of sp³-hybridized carbons (Fsp3) is 0.0270. The van der Waals surface area contributed by atoms with E-state index in [9.17, 15) is 0 Å². The molecule has 2 aliphatic rings. The maximum absolute atomic E-state index is 6.12. The van der Waals surface area contributed by atoms with Gasteiger partial charge in [-0.2, -0.15) is 0 Å². The molecular weight excluding hydrogens is 540 g/mol. The second kappa shape index (κ2) is 7.59. The summed E-state index contributed by atoms with van der Waals surface area (Å²) >= 11 is 3.80. The van der Waals surface area contributed by atoms with Gasteiger partial charge in [-0.25, -0.2) is 0 Å². The van der Waals surface area contributed by atoms with E-state index in [2.05, 4.69) is 131 Å². The van der Waals surface area contributed by atoms with Crippen molar-refractivity contribution in [3.63, 3.8) is 0 Å². The van der Waals surface area contributed by atoms with Crippen molar-refractivity contribution in [1.29, 1.82) is 0 Å². The van der Waals surface area contributed by atoms with Gasteiger partial charge in [-0.3, -0.25) is 0 Å². The number of furan rings is 1. The molecule has 0 aliphatic heterocycles. The summed E-state index contributed by atoms with van der Waals surface area (Å²) in [5.74, 6) is 0. The Morgan fingerprint density at radius 3 is 1.79 bits per heavy atom. The van der Waals surface area contributed by atoms with Crippen LogP contribution in [-0.4, -0.2) is 0 Å². The van der Waals surface area contributed by atoms with E-state index in [0.29, 0.717) is 0 Å². The minimum absolute atomic E-state index is 0.357. The molecule has 1 nitrogen and oxygen atoms in total. The molecule has 0 saturated carbocycles. The van der Waals surface area contributed by atoms with Crippen molar-refractivity contribution in [1.82, 2.24) is 0 Å². The number of para-hydroxylation sites is 1. The van der Waals surface area contributed by atoms with Gasteiger partial charge in [0.1, 0.15) is 11.2 Å². The Hall–Kier alpha value is -4.40. The summed E-state index contributed by atoms with van der Waals surface area (Å²) in [6.07, 6.45) is 0. The lowest BCUT2D eigenvalue weighted by atomic mass is 9.70. The first-order chi connectivity index (χ1) is 19.2. The lowest BCUT2D eigenvalue weighted by Gasteiger charge is -2.30. The first kappa shape index (κ1) is 21.5. The molecule has 0 radical (unpaired) electrons. The lowest BCUT2D eigenvalue weighted by Crippen LogP contribution is -2.25. The molecule has 7 aromatic rings. The molecule has 2 heteroatoms. The minimum atomic E-state index is -0.357. The molecule has 0 fully saturated rings. The standard InChI is InChI=1S/C37H21BrO/c38-24-15-17-28-27-16-13-23(22-14-18-36-30(19-22)29-9-3-6-12-35(29)39-36)20-33(27)37(34(28)21-24)31-10-4-1-7-25(31)26-8-2-5-11-32(26)37/h1-21H. The summed E-state index contributed by atoms with van der Waals surface area (Å²) in [7, 11) is 0. The monoisotopic (exact) mass is 560 g/mol. The predicted octanol–water partition coefficient (Wildman–Crippen LogP) is 10.4. The molecule has 1 spiro atoms. The molecule has 0 atom stereocenters. The summed E-state index contributed by atoms with van der Waals surface area (Å²) in [5.41, 5.74) is 14.6. The van der Waals surface area contributed by atoms with Crippen LogP contribution in [0.15, 0.2) is 136 Å². The zero-order chi connectivity index (χ0) is 25.7. The van der Waals surface area contributed by atoms with Crippen molar-refractivity contribution >= 4 is 37.9 Å². The van der Waals surface area contributed by atoms with Crippen molar-refractivity contribution in [2.24, 2.45) is 0 Å². The van der Waals surface area contributed by atoms with Crippen LogP contribution >= 0.6 is 15.9 Å². The largest absolute Gasteiger partial charge is 0.456 e. The van der Waals surface area contributed by atoms with Crippen LogP contribution < -0.4 is 0 Å². The van der Waals surface area contributed by atoms with E-state index in [-0.39, 0.29) is 5.41 Å². The summed E-state index contributed by atoms with van der Waals surface area (Å²) in [5, 5.41) is 2.31. The number of fused-ring (bicyclic) bond motifs is 13. The topological polar surface area (TPSA) is 13.1 Å². The molecule has 0 bridgehead atoms. The van der Waals surface area contributed by atoms with Gasteiger partial charge in [0.15, 0.2) is 0 Å². The predicted molar refractivity (Wildman–Crippen MR) is 163 cm³/mol. The zero-order valence-electron chi connectivity index (χ0n) is 20.9. The Morgan fingerprint density at radius 1 is 0.436 bits per heavy atom. The second-order valence-corrected chi connectivity index (χ2v) is 11.5. The smallest absolute Gasteiger partial charge is 0.135 e. The second-order valence-electron chi connectivity index (χ2n) is 10.6. The van der Waals surface area contributed by atoms with Crippen molar-refractivity contribution < 1.29 is 4.42 Å². The van der Waals surface area contributed by atoms with Gasteiger partial charge in [0, 0.05) is 15.2 Å². The van der Waals surface area contributed by atoms with Crippen molar-refractivity contribution in [3.8, 4) is 33.4 Å². The van der Waals surface area contributed by atoms with Crippen LogP contribution in [-0.2, 0) is 5.41 Å². The Labute approximate surface area is 234 Å². The first-order valence-electron chi connectivity index (χ1n) is 13.3. The average molecular weight is 561 g/mol.